The summed E-state index contributed by atoms with van der Waals surface area (Å²) in [6, 6.07) is 0. The van der Waals surface area contributed by atoms with Crippen LogP contribution in [0.3, 0.4) is 0 Å². The van der Waals surface area contributed by atoms with Gasteiger partial charge in [0.05, 0.1) is 19.6 Å². The van der Waals surface area contributed by atoms with Crippen molar-refractivity contribution in [2.75, 3.05) is 19.6 Å². The molecule has 5 nitrogen and oxygen atoms in total. The van der Waals surface area contributed by atoms with Crippen LogP contribution in [0, 0.1) is 0 Å². The van der Waals surface area contributed by atoms with Crippen LogP contribution in [-0.4, -0.2) is 37.2 Å². The predicted molar refractivity (Wildman–Crippen MR) is 71.9 cm³/mol. The average Bonchev–Trinajstić information content (AvgIpc) is 2.26. The molecule has 0 rings (SSSR count). The third-order valence-electron chi connectivity index (χ3n) is 2.65. The quantitative estimate of drug-likeness (QED) is 0.506. The van der Waals surface area contributed by atoms with E-state index in [1.807, 2.05) is 4.90 Å². The summed E-state index contributed by atoms with van der Waals surface area (Å²) in [5.74, 6) is 0. The molecule has 0 bridgehead atoms. The van der Waals surface area contributed by atoms with E-state index in [0.29, 0.717) is 0 Å². The zero-order valence-corrected chi connectivity index (χ0v) is 12.7. The van der Waals surface area contributed by atoms with Gasteiger partial charge in [0.15, 0.2) is 0 Å². The molecule has 0 aromatic heterocycles. The molecular formula is C12H29NO4S. The molecule has 0 aliphatic rings. The first-order valence-electron chi connectivity index (χ1n) is 6.85. The molecule has 1 N–H and O–H groups in total. The van der Waals surface area contributed by atoms with E-state index < -0.39 is 10.4 Å². The second kappa shape index (κ2) is 13.3. The molecule has 0 aliphatic carbocycles. The maximum absolute atomic E-state index is 8.52. The summed E-state index contributed by atoms with van der Waals surface area (Å²) >= 11 is 0. The van der Waals surface area contributed by atoms with Crippen molar-refractivity contribution in [3.63, 3.8) is 0 Å². The molecule has 0 atom stereocenters. The molecule has 0 amide bonds. The van der Waals surface area contributed by atoms with Crippen molar-refractivity contribution in [3.8, 4) is 0 Å². The molecule has 0 radical (unpaired) electrons. The summed E-state index contributed by atoms with van der Waals surface area (Å²) in [6.45, 7) is 11.1. The third-order valence-corrected chi connectivity index (χ3v) is 2.65. The van der Waals surface area contributed by atoms with Crippen LogP contribution in [0.4, 0.5) is 0 Å². The van der Waals surface area contributed by atoms with Gasteiger partial charge in [-0.2, -0.15) is 0 Å². The van der Waals surface area contributed by atoms with Gasteiger partial charge in [0.1, 0.15) is 0 Å². The van der Waals surface area contributed by atoms with Gasteiger partial charge in [-0.15, -0.1) is 0 Å². The van der Waals surface area contributed by atoms with Crippen LogP contribution in [-0.2, 0) is 10.4 Å². The highest BCUT2D eigenvalue weighted by Gasteiger charge is 2.05. The van der Waals surface area contributed by atoms with E-state index in [9.17, 15) is 0 Å². The highest BCUT2D eigenvalue weighted by molar-refractivity contribution is 7.79. The summed E-state index contributed by atoms with van der Waals surface area (Å²) in [5, 5.41) is 0. The summed E-state index contributed by atoms with van der Waals surface area (Å²) in [4.78, 5) is 1.84. The van der Waals surface area contributed by atoms with Crippen LogP contribution in [0.15, 0.2) is 0 Å². The third kappa shape index (κ3) is 24.9. The van der Waals surface area contributed by atoms with Gasteiger partial charge in [0.25, 0.3) is 0 Å². The molecule has 0 aromatic rings. The van der Waals surface area contributed by atoms with Gasteiger partial charge in [0, 0.05) is 10.4 Å². The number of rotatable bonds is 9. The number of unbranched alkanes of at least 4 members (excludes halogenated alkanes) is 3. The Morgan fingerprint density at radius 2 is 1.06 bits per heavy atom. The SMILES string of the molecule is CCCC[NH+](CCCC)CCCC.O=S(=O)([O-])[O-].[H+]. The van der Waals surface area contributed by atoms with Gasteiger partial charge in [-0.3, -0.25) is 8.42 Å². The number of hydrogen-bond donors (Lipinski definition) is 1. The van der Waals surface area contributed by atoms with Crippen LogP contribution in [0.1, 0.15) is 60.7 Å². The Hall–Kier alpha value is -0.170. The van der Waals surface area contributed by atoms with E-state index in [2.05, 4.69) is 20.8 Å². The molecule has 0 fully saturated rings. The molecule has 0 saturated heterocycles. The second-order valence-corrected chi connectivity index (χ2v) is 5.29. The van der Waals surface area contributed by atoms with Gasteiger partial charge in [-0.1, -0.05) is 40.0 Å². The Kier molecular flexibility index (Phi) is 14.9. The van der Waals surface area contributed by atoms with E-state index in [4.69, 9.17) is 17.5 Å². The predicted octanol–water partition coefficient (Wildman–Crippen LogP) is 1.05. The fourth-order valence-electron chi connectivity index (χ4n) is 1.66. The van der Waals surface area contributed by atoms with Gasteiger partial charge in [-0.05, 0) is 19.3 Å². The van der Waals surface area contributed by atoms with Crippen molar-refractivity contribution in [1.82, 2.24) is 0 Å². The molecule has 112 valence electrons. The highest BCUT2D eigenvalue weighted by atomic mass is 32.3. The molecule has 0 saturated carbocycles. The van der Waals surface area contributed by atoms with Crippen molar-refractivity contribution in [1.29, 1.82) is 0 Å². The summed E-state index contributed by atoms with van der Waals surface area (Å²) < 4.78 is 34.1. The highest BCUT2D eigenvalue weighted by Crippen LogP contribution is 1.85. The standard InChI is InChI=1S/C12H27N.H2O4S/c1-4-7-10-13(11-8-5-2)12-9-6-3;1-5(2,3)4/h4-12H2,1-3H3;(H2,1,2,3,4). The maximum atomic E-state index is 8.52. The smallest absolute Gasteiger partial charge is 0.759 e. The van der Waals surface area contributed by atoms with Crippen molar-refractivity contribution < 1.29 is 23.8 Å². The fraction of sp³-hybridized carbons (Fsp3) is 1.00. The van der Waals surface area contributed by atoms with Gasteiger partial charge in [0.2, 0.25) is 0 Å². The fourth-order valence-corrected chi connectivity index (χ4v) is 1.66. The van der Waals surface area contributed by atoms with Crippen LogP contribution >= 0.6 is 0 Å². The molecular weight excluding hydrogens is 254 g/mol. The lowest BCUT2D eigenvalue weighted by molar-refractivity contribution is -0.900. The topological polar surface area (TPSA) is 84.7 Å². The van der Waals surface area contributed by atoms with Crippen molar-refractivity contribution >= 4 is 10.4 Å². The normalized spacial score (nSPS) is 11.2. The lowest BCUT2D eigenvalue weighted by Gasteiger charge is -2.18. The molecule has 0 aliphatic heterocycles. The Balaban J connectivity index is -0.000000366. The molecule has 18 heavy (non-hydrogen) atoms. The Labute approximate surface area is 114 Å². The molecule has 6 heteroatoms. The van der Waals surface area contributed by atoms with Crippen LogP contribution in [0.25, 0.3) is 0 Å². The van der Waals surface area contributed by atoms with Gasteiger partial charge >= 0.3 is 1.43 Å². The Morgan fingerprint density at radius 3 is 1.22 bits per heavy atom. The maximum Gasteiger partial charge on any atom is 1.00 e. The Morgan fingerprint density at radius 1 is 0.833 bits per heavy atom. The van der Waals surface area contributed by atoms with Crippen LogP contribution < -0.4 is 4.90 Å². The summed E-state index contributed by atoms with van der Waals surface area (Å²) in [7, 11) is -5.17. The lowest BCUT2D eigenvalue weighted by Crippen LogP contribution is -3.12. The minimum atomic E-state index is -5.17. The molecule has 0 spiro atoms. The second-order valence-electron chi connectivity index (χ2n) is 4.47. The van der Waals surface area contributed by atoms with E-state index in [-0.39, 0.29) is 1.43 Å². The van der Waals surface area contributed by atoms with Crippen molar-refractivity contribution in [2.45, 2.75) is 59.3 Å². The number of quaternary nitrogens is 1. The molecule has 0 heterocycles. The van der Waals surface area contributed by atoms with E-state index in [1.165, 1.54) is 58.2 Å². The first-order chi connectivity index (χ1) is 8.35. The minimum Gasteiger partial charge on any atom is -0.759 e. The van der Waals surface area contributed by atoms with E-state index in [0.717, 1.165) is 0 Å². The Bertz CT molecular complexity index is 233. The lowest BCUT2D eigenvalue weighted by atomic mass is 10.2. The summed E-state index contributed by atoms with van der Waals surface area (Å²) in [5.41, 5.74) is 0. The van der Waals surface area contributed by atoms with E-state index >= 15 is 0 Å². The van der Waals surface area contributed by atoms with Crippen molar-refractivity contribution in [2.24, 2.45) is 0 Å². The van der Waals surface area contributed by atoms with Crippen molar-refractivity contribution in [3.05, 3.63) is 0 Å². The van der Waals surface area contributed by atoms with E-state index in [1.54, 1.807) is 0 Å². The minimum absolute atomic E-state index is 0. The first kappa shape index (κ1) is 20.2. The zero-order valence-electron chi connectivity index (χ0n) is 12.9. The largest absolute Gasteiger partial charge is 1.00 e. The number of hydrogen-bond acceptors (Lipinski definition) is 4. The monoisotopic (exact) mass is 283 g/mol. The summed E-state index contributed by atoms with van der Waals surface area (Å²) in [6.07, 6.45) is 8.26. The van der Waals surface area contributed by atoms with Crippen LogP contribution in [0.2, 0.25) is 0 Å². The van der Waals surface area contributed by atoms with Gasteiger partial charge in [-0.25, -0.2) is 0 Å². The first-order valence-corrected chi connectivity index (χ1v) is 8.18. The average molecular weight is 283 g/mol. The number of nitrogens with one attached hydrogen (secondary N) is 1. The molecule has 0 aromatic carbocycles. The van der Waals surface area contributed by atoms with Gasteiger partial charge < -0.3 is 14.0 Å². The van der Waals surface area contributed by atoms with Crippen LogP contribution in [0.5, 0.6) is 0 Å². The zero-order chi connectivity index (χ0) is 14.4. The molecule has 0 unspecified atom stereocenters.